The van der Waals surface area contributed by atoms with Gasteiger partial charge in [0.25, 0.3) is 5.56 Å². The Morgan fingerprint density at radius 1 is 1.18 bits per heavy atom. The summed E-state index contributed by atoms with van der Waals surface area (Å²) in [4.78, 5) is 35.2. The normalized spacial score (nSPS) is 10.3. The van der Waals surface area contributed by atoms with Gasteiger partial charge in [0.1, 0.15) is 0 Å². The molecule has 1 heterocycles. The van der Waals surface area contributed by atoms with E-state index in [4.69, 9.17) is 27.9 Å². The minimum atomic E-state index is -0.754. The summed E-state index contributed by atoms with van der Waals surface area (Å²) >= 11 is 11.6. The molecule has 0 aliphatic heterocycles. The molecule has 2 aromatic rings. The van der Waals surface area contributed by atoms with E-state index in [-0.39, 0.29) is 21.7 Å². The van der Waals surface area contributed by atoms with Crippen LogP contribution in [0, 0.1) is 0 Å². The van der Waals surface area contributed by atoms with E-state index in [2.05, 4.69) is 0 Å². The topological polar surface area (TPSA) is 65.4 Å². The predicted molar refractivity (Wildman–Crippen MR) is 82.8 cm³/mol. The molecule has 0 amide bonds. The minimum absolute atomic E-state index is 0.0816. The summed E-state index contributed by atoms with van der Waals surface area (Å²) in [5, 5.41) is 0.584. The molecule has 0 aliphatic rings. The van der Waals surface area contributed by atoms with E-state index >= 15 is 0 Å². The SMILES string of the molecule is Cn1ccc(C(=O)OCC(=O)c2ccc(Cl)cc2Cl)cc1=O. The quantitative estimate of drug-likeness (QED) is 0.634. The molecule has 0 bridgehead atoms. The van der Waals surface area contributed by atoms with Crippen LogP contribution in [0.4, 0.5) is 0 Å². The summed E-state index contributed by atoms with van der Waals surface area (Å²) < 4.78 is 6.21. The van der Waals surface area contributed by atoms with Crippen LogP contribution in [0.15, 0.2) is 41.3 Å². The molecule has 0 aliphatic carbocycles. The maximum absolute atomic E-state index is 12.0. The number of hydrogen-bond acceptors (Lipinski definition) is 4. The largest absolute Gasteiger partial charge is 0.454 e. The molecule has 1 aromatic heterocycles. The van der Waals surface area contributed by atoms with Crippen molar-refractivity contribution < 1.29 is 14.3 Å². The van der Waals surface area contributed by atoms with Crippen molar-refractivity contribution in [2.75, 3.05) is 6.61 Å². The molecule has 7 heteroatoms. The second kappa shape index (κ2) is 6.77. The molecule has 0 saturated carbocycles. The summed E-state index contributed by atoms with van der Waals surface area (Å²) in [5.74, 6) is -1.21. The third-order valence-electron chi connectivity index (χ3n) is 2.91. The number of rotatable bonds is 4. The van der Waals surface area contributed by atoms with Gasteiger partial charge in [-0.3, -0.25) is 9.59 Å². The van der Waals surface area contributed by atoms with Crippen LogP contribution >= 0.6 is 23.2 Å². The van der Waals surface area contributed by atoms with Gasteiger partial charge in [0, 0.05) is 29.9 Å². The fourth-order valence-electron chi connectivity index (χ4n) is 1.68. The zero-order chi connectivity index (χ0) is 16.3. The number of halogens is 2. The lowest BCUT2D eigenvalue weighted by Crippen LogP contribution is -2.19. The van der Waals surface area contributed by atoms with Gasteiger partial charge in [0.2, 0.25) is 5.78 Å². The monoisotopic (exact) mass is 339 g/mol. The molecule has 0 spiro atoms. The molecule has 5 nitrogen and oxygen atoms in total. The van der Waals surface area contributed by atoms with Gasteiger partial charge in [-0.1, -0.05) is 23.2 Å². The first-order valence-corrected chi connectivity index (χ1v) is 6.96. The predicted octanol–water partition coefficient (Wildman–Crippen LogP) is 2.73. The van der Waals surface area contributed by atoms with Crippen LogP contribution in [-0.4, -0.2) is 22.9 Å². The Hall–Kier alpha value is -2.11. The zero-order valence-electron chi connectivity index (χ0n) is 11.5. The molecule has 0 N–H and O–H groups in total. The van der Waals surface area contributed by atoms with Crippen molar-refractivity contribution in [1.82, 2.24) is 4.57 Å². The molecule has 0 atom stereocenters. The average Bonchev–Trinajstić information content (AvgIpc) is 2.47. The van der Waals surface area contributed by atoms with E-state index < -0.39 is 18.4 Å². The third kappa shape index (κ3) is 3.75. The number of Topliss-reactive ketones (excluding diaryl/α,β-unsaturated/α-hetero) is 1. The maximum atomic E-state index is 12.0. The number of aromatic nitrogens is 1. The number of ketones is 1. The van der Waals surface area contributed by atoms with Crippen molar-refractivity contribution in [3.05, 3.63) is 68.1 Å². The van der Waals surface area contributed by atoms with E-state index in [1.54, 1.807) is 7.05 Å². The molecule has 2 rings (SSSR count). The molecule has 0 radical (unpaired) electrons. The van der Waals surface area contributed by atoms with Crippen LogP contribution in [0.1, 0.15) is 20.7 Å². The maximum Gasteiger partial charge on any atom is 0.338 e. The number of benzene rings is 1. The van der Waals surface area contributed by atoms with Crippen LogP contribution in [0.3, 0.4) is 0 Å². The first-order chi connectivity index (χ1) is 10.4. The molecule has 1 aromatic carbocycles. The number of ether oxygens (including phenoxy) is 1. The van der Waals surface area contributed by atoms with Crippen LogP contribution in [0.5, 0.6) is 0 Å². The lowest BCUT2D eigenvalue weighted by Gasteiger charge is -2.06. The number of nitrogens with zero attached hydrogens (tertiary/aromatic N) is 1. The summed E-state index contributed by atoms with van der Waals surface area (Å²) in [7, 11) is 1.56. The van der Waals surface area contributed by atoms with Gasteiger partial charge in [-0.2, -0.15) is 0 Å². The minimum Gasteiger partial charge on any atom is -0.454 e. The van der Waals surface area contributed by atoms with Crippen molar-refractivity contribution in [3.8, 4) is 0 Å². The Labute approximate surface area is 136 Å². The number of esters is 1. The highest BCUT2D eigenvalue weighted by Gasteiger charge is 2.15. The van der Waals surface area contributed by atoms with E-state index in [1.807, 2.05) is 0 Å². The Kier molecular flexibility index (Phi) is 5.00. The second-order valence-electron chi connectivity index (χ2n) is 4.49. The van der Waals surface area contributed by atoms with E-state index in [0.717, 1.165) is 6.07 Å². The van der Waals surface area contributed by atoms with E-state index in [9.17, 15) is 14.4 Å². The highest BCUT2D eigenvalue weighted by atomic mass is 35.5. The summed E-state index contributed by atoms with van der Waals surface area (Å²) in [6.45, 7) is -0.477. The summed E-state index contributed by atoms with van der Waals surface area (Å²) in [6, 6.07) is 6.98. The molecule has 0 saturated heterocycles. The van der Waals surface area contributed by atoms with Crippen molar-refractivity contribution >= 4 is 35.0 Å². The molecule has 0 fully saturated rings. The smallest absolute Gasteiger partial charge is 0.338 e. The van der Waals surface area contributed by atoms with Crippen LogP contribution in [-0.2, 0) is 11.8 Å². The van der Waals surface area contributed by atoms with Crippen molar-refractivity contribution in [3.63, 3.8) is 0 Å². The third-order valence-corrected chi connectivity index (χ3v) is 3.45. The lowest BCUT2D eigenvalue weighted by molar-refractivity contribution is 0.0474. The Bertz CT molecular complexity index is 798. The first-order valence-electron chi connectivity index (χ1n) is 6.20. The molecular weight excluding hydrogens is 329 g/mol. The molecule has 114 valence electrons. The standard InChI is InChI=1S/C15H11Cl2NO4/c1-18-5-4-9(6-14(18)20)15(21)22-8-13(19)11-3-2-10(16)7-12(11)17/h2-7H,8H2,1H3. The molecule has 22 heavy (non-hydrogen) atoms. The van der Waals surface area contributed by atoms with Gasteiger partial charge in [-0.15, -0.1) is 0 Å². The van der Waals surface area contributed by atoms with Gasteiger partial charge in [0.15, 0.2) is 6.61 Å². The van der Waals surface area contributed by atoms with Crippen LogP contribution in [0.2, 0.25) is 10.0 Å². The lowest BCUT2D eigenvalue weighted by atomic mass is 10.1. The van der Waals surface area contributed by atoms with Gasteiger partial charge < -0.3 is 9.30 Å². The average molecular weight is 340 g/mol. The van der Waals surface area contributed by atoms with Crippen molar-refractivity contribution in [2.45, 2.75) is 0 Å². The number of aryl methyl sites for hydroxylation is 1. The summed E-state index contributed by atoms with van der Waals surface area (Å²) in [6.07, 6.45) is 1.44. The number of pyridine rings is 1. The summed E-state index contributed by atoms with van der Waals surface area (Å²) in [5.41, 5.74) is -0.0533. The Balaban J connectivity index is 2.05. The fraction of sp³-hybridized carbons (Fsp3) is 0.133. The van der Waals surface area contributed by atoms with Gasteiger partial charge in [0.05, 0.1) is 10.6 Å². The highest BCUT2D eigenvalue weighted by molar-refractivity contribution is 6.36. The highest BCUT2D eigenvalue weighted by Crippen LogP contribution is 2.21. The van der Waals surface area contributed by atoms with Crippen molar-refractivity contribution in [2.24, 2.45) is 7.05 Å². The number of hydrogen-bond donors (Lipinski definition) is 0. The zero-order valence-corrected chi connectivity index (χ0v) is 13.0. The first kappa shape index (κ1) is 16.3. The fourth-order valence-corrected chi connectivity index (χ4v) is 2.20. The Morgan fingerprint density at radius 3 is 2.55 bits per heavy atom. The van der Waals surface area contributed by atoms with Crippen molar-refractivity contribution in [1.29, 1.82) is 0 Å². The molecule has 0 unspecified atom stereocenters. The number of carbonyl (C=O) groups excluding carboxylic acids is 2. The van der Waals surface area contributed by atoms with Crippen LogP contribution < -0.4 is 5.56 Å². The second-order valence-corrected chi connectivity index (χ2v) is 5.33. The van der Waals surface area contributed by atoms with Gasteiger partial charge in [-0.25, -0.2) is 4.79 Å². The molecular formula is C15H11Cl2NO4. The van der Waals surface area contributed by atoms with E-state index in [1.165, 1.54) is 35.0 Å². The van der Waals surface area contributed by atoms with Crippen LogP contribution in [0.25, 0.3) is 0 Å². The van der Waals surface area contributed by atoms with E-state index in [0.29, 0.717) is 5.02 Å². The van der Waals surface area contributed by atoms with Gasteiger partial charge in [-0.05, 0) is 24.3 Å². The number of carbonyl (C=O) groups is 2. The van der Waals surface area contributed by atoms with Gasteiger partial charge >= 0.3 is 5.97 Å². The Morgan fingerprint density at radius 2 is 1.91 bits per heavy atom.